The average molecular weight is 475 g/mol. The zero-order chi connectivity index (χ0) is 23.8. The maximum absolute atomic E-state index is 15.0. The normalized spacial score (nSPS) is 18.8. The van der Waals surface area contributed by atoms with E-state index in [1.165, 1.54) is 33.7 Å². The fourth-order valence-electron chi connectivity index (χ4n) is 4.67. The van der Waals surface area contributed by atoms with Gasteiger partial charge >= 0.3 is 5.92 Å². The van der Waals surface area contributed by atoms with Gasteiger partial charge in [0.2, 0.25) is 18.4 Å². The molecule has 9 heteroatoms. The Morgan fingerprint density at radius 2 is 1.53 bits per heavy atom. The van der Waals surface area contributed by atoms with Gasteiger partial charge in [0.15, 0.2) is 5.82 Å². The van der Waals surface area contributed by atoms with Crippen molar-refractivity contribution < 1.29 is 30.8 Å². The van der Waals surface area contributed by atoms with Gasteiger partial charge in [0.05, 0.1) is 24.8 Å². The molecule has 3 heterocycles. The molecule has 3 aliphatic heterocycles. The first-order chi connectivity index (χ1) is 16.1. The lowest BCUT2D eigenvalue weighted by atomic mass is 9.93. The predicted molar refractivity (Wildman–Crippen MR) is 115 cm³/mol. The molecule has 2 aromatic rings. The van der Waals surface area contributed by atoms with Gasteiger partial charge in [-0.25, -0.2) is 17.7 Å². The summed E-state index contributed by atoms with van der Waals surface area (Å²) in [6.45, 7) is -2.42. The summed E-state index contributed by atoms with van der Waals surface area (Å²) in [5.41, 5.74) is 1.69. The van der Waals surface area contributed by atoms with Gasteiger partial charge in [0.1, 0.15) is 17.2 Å². The Morgan fingerprint density at radius 3 is 2.18 bits per heavy atom. The van der Waals surface area contributed by atoms with Crippen LogP contribution in [-0.4, -0.2) is 38.0 Å². The topological polar surface area (TPSA) is 19.4 Å². The number of nitrogens with zero attached hydrogens (tertiary/aromatic N) is 2. The van der Waals surface area contributed by atoms with E-state index in [1.54, 1.807) is 30.3 Å². The van der Waals surface area contributed by atoms with Crippen molar-refractivity contribution in [3.05, 3.63) is 71.6 Å². The number of alkyl halides is 4. The third-order valence-electron chi connectivity index (χ3n) is 6.29. The molecule has 4 aliphatic rings. The van der Waals surface area contributed by atoms with E-state index >= 15 is 8.78 Å². The lowest BCUT2D eigenvalue weighted by Crippen LogP contribution is -2.58. The van der Waals surface area contributed by atoms with Gasteiger partial charge < -0.3 is 9.32 Å². The highest BCUT2D eigenvalue weighted by molar-refractivity contribution is 6.02. The lowest BCUT2D eigenvalue weighted by Gasteiger charge is -2.40. The van der Waals surface area contributed by atoms with Gasteiger partial charge in [-0.3, -0.25) is 0 Å². The van der Waals surface area contributed by atoms with E-state index in [4.69, 9.17) is 4.42 Å². The molecule has 2 saturated heterocycles. The zero-order valence-corrected chi connectivity index (χ0v) is 17.6. The number of hydrogen-bond donors (Lipinski definition) is 0. The fraction of sp³-hybridized carbons (Fsp3) is 0.240. The number of rotatable bonds is 2. The van der Waals surface area contributed by atoms with Crippen LogP contribution in [0.15, 0.2) is 59.0 Å². The fourth-order valence-corrected chi connectivity index (χ4v) is 4.67. The molecule has 0 bridgehead atoms. The summed E-state index contributed by atoms with van der Waals surface area (Å²) < 4.78 is 90.8. The molecule has 0 amide bonds. The number of halogens is 6. The van der Waals surface area contributed by atoms with Gasteiger partial charge in [0, 0.05) is 22.6 Å². The summed E-state index contributed by atoms with van der Waals surface area (Å²) in [6, 6.07) is 14.0. The molecule has 34 heavy (non-hydrogen) atoms. The first kappa shape index (κ1) is 21.1. The van der Waals surface area contributed by atoms with Crippen molar-refractivity contribution in [3.8, 4) is 22.5 Å². The molecular weight excluding hydrogens is 458 g/mol. The Bertz CT molecular complexity index is 1480. The second kappa shape index (κ2) is 7.01. The molecule has 6 rings (SSSR count). The van der Waals surface area contributed by atoms with E-state index in [9.17, 15) is 17.6 Å². The summed E-state index contributed by atoms with van der Waals surface area (Å²) in [5, 5.41) is 0.320. The predicted octanol–water partition coefficient (Wildman–Crippen LogP) is 5.36. The molecule has 0 saturated carbocycles. The van der Waals surface area contributed by atoms with Crippen LogP contribution in [0.1, 0.15) is 0 Å². The molecule has 2 fully saturated rings. The van der Waals surface area contributed by atoms with Crippen molar-refractivity contribution >= 4 is 16.7 Å². The molecule has 3 nitrogen and oxygen atoms in total. The molecule has 1 aliphatic carbocycles. The zero-order valence-electron chi connectivity index (χ0n) is 17.6. The SMILES string of the molecule is Fc1cc2c(-c3ccccc3)c3cc(F)c(=[N+]4CC(F)(F)C4)cc-3oc2cc1N1CC(F)(F)C1. The van der Waals surface area contributed by atoms with E-state index in [0.717, 1.165) is 0 Å². The van der Waals surface area contributed by atoms with E-state index in [-0.39, 0.29) is 22.4 Å². The smallest absolute Gasteiger partial charge is 0.361 e. The maximum Gasteiger partial charge on any atom is 0.361 e. The van der Waals surface area contributed by atoms with Crippen molar-refractivity contribution in [2.75, 3.05) is 31.1 Å². The van der Waals surface area contributed by atoms with Gasteiger partial charge in [-0.1, -0.05) is 30.3 Å². The molecule has 0 aromatic heterocycles. The third-order valence-corrected chi connectivity index (χ3v) is 6.29. The van der Waals surface area contributed by atoms with E-state index in [1.807, 2.05) is 0 Å². The molecular formula is C25H17F6N2O+. The Labute approximate surface area is 189 Å². The highest BCUT2D eigenvalue weighted by Gasteiger charge is 2.50. The molecule has 174 valence electrons. The highest BCUT2D eigenvalue weighted by atomic mass is 19.3. The van der Waals surface area contributed by atoms with Gasteiger partial charge in [-0.2, -0.15) is 13.2 Å². The minimum Gasteiger partial charge on any atom is -0.456 e. The molecule has 0 radical (unpaired) electrons. The maximum atomic E-state index is 15.0. The van der Waals surface area contributed by atoms with Crippen LogP contribution in [0.4, 0.5) is 32.0 Å². The third kappa shape index (κ3) is 3.33. The minimum atomic E-state index is -2.89. The number of anilines is 1. The van der Waals surface area contributed by atoms with Crippen LogP contribution >= 0.6 is 0 Å². The van der Waals surface area contributed by atoms with Crippen LogP contribution in [-0.2, 0) is 0 Å². The van der Waals surface area contributed by atoms with Crippen LogP contribution in [0.2, 0.25) is 0 Å². The van der Waals surface area contributed by atoms with Crippen molar-refractivity contribution in [1.29, 1.82) is 0 Å². The Morgan fingerprint density at radius 1 is 0.824 bits per heavy atom. The van der Waals surface area contributed by atoms with Crippen LogP contribution in [0.25, 0.3) is 33.4 Å². The summed E-state index contributed by atoms with van der Waals surface area (Å²) in [6.07, 6.45) is 0. The quantitative estimate of drug-likeness (QED) is 0.221. The average Bonchev–Trinajstić information content (AvgIpc) is 2.74. The minimum absolute atomic E-state index is 0.0229. The van der Waals surface area contributed by atoms with Crippen LogP contribution in [0.5, 0.6) is 0 Å². The van der Waals surface area contributed by atoms with E-state index < -0.39 is 49.7 Å². The second-order valence-corrected chi connectivity index (χ2v) is 8.87. The summed E-state index contributed by atoms with van der Waals surface area (Å²) in [7, 11) is 0. The van der Waals surface area contributed by atoms with Crippen molar-refractivity contribution in [3.63, 3.8) is 0 Å². The summed E-state index contributed by atoms with van der Waals surface area (Å²) in [5.74, 6) is -6.96. The number of hydrogen-bond acceptors (Lipinski definition) is 2. The van der Waals surface area contributed by atoms with Crippen LogP contribution < -0.4 is 14.8 Å². The molecule has 0 spiro atoms. The van der Waals surface area contributed by atoms with Crippen molar-refractivity contribution in [1.82, 2.24) is 4.58 Å². The standard InChI is InChI=1S/C25H17F6N2O/c26-17-6-15-21(8-19(17)32-10-24(28,29)11-32)34-22-9-20(33-12-25(30,31)13-33)18(27)7-16(22)23(15)14-4-2-1-3-5-14/h1-9H,10-13H2/q+1. The molecule has 0 atom stereocenters. The van der Waals surface area contributed by atoms with Crippen molar-refractivity contribution in [2.24, 2.45) is 0 Å². The van der Waals surface area contributed by atoms with Gasteiger partial charge in [-0.05, 0) is 17.7 Å². The molecule has 2 aromatic carbocycles. The van der Waals surface area contributed by atoms with Crippen molar-refractivity contribution in [2.45, 2.75) is 11.8 Å². The Hall–Kier alpha value is -3.49. The molecule has 0 unspecified atom stereocenters. The monoisotopic (exact) mass is 475 g/mol. The Balaban J connectivity index is 1.63. The summed E-state index contributed by atoms with van der Waals surface area (Å²) in [4.78, 5) is 1.22. The van der Waals surface area contributed by atoms with Crippen LogP contribution in [0.3, 0.4) is 0 Å². The first-order valence-corrected chi connectivity index (χ1v) is 10.6. The first-order valence-electron chi connectivity index (χ1n) is 10.6. The highest BCUT2D eigenvalue weighted by Crippen LogP contribution is 2.43. The lowest BCUT2D eigenvalue weighted by molar-refractivity contribution is -0.0649. The molecule has 0 N–H and O–H groups in total. The van der Waals surface area contributed by atoms with Gasteiger partial charge in [0.25, 0.3) is 5.92 Å². The second-order valence-electron chi connectivity index (χ2n) is 8.87. The Kier molecular flexibility index (Phi) is 4.34. The number of fused-ring (bicyclic) bond motifs is 2. The largest absolute Gasteiger partial charge is 0.456 e. The van der Waals surface area contributed by atoms with E-state index in [2.05, 4.69) is 0 Å². The number of benzene rings is 3. The van der Waals surface area contributed by atoms with Gasteiger partial charge in [-0.15, -0.1) is 0 Å². The van der Waals surface area contributed by atoms with Crippen LogP contribution in [0, 0.1) is 11.6 Å². The summed E-state index contributed by atoms with van der Waals surface area (Å²) >= 11 is 0. The van der Waals surface area contributed by atoms with E-state index in [0.29, 0.717) is 22.1 Å².